The number of ketones is 1. The van der Waals surface area contributed by atoms with Gasteiger partial charge in [-0.2, -0.15) is 0 Å². The Morgan fingerprint density at radius 3 is 2.25 bits per heavy atom. The molecule has 3 heteroatoms. The van der Waals surface area contributed by atoms with Crippen molar-refractivity contribution in [2.75, 3.05) is 0 Å². The SMILES string of the molecule is CC(=O)Oc1ccc(C(=O)C2CCC2)cc1. The van der Waals surface area contributed by atoms with Gasteiger partial charge in [-0.1, -0.05) is 6.42 Å². The molecule has 2 rings (SSSR count). The molecule has 0 amide bonds. The number of rotatable bonds is 3. The molecule has 0 aliphatic heterocycles. The van der Waals surface area contributed by atoms with E-state index in [4.69, 9.17) is 4.74 Å². The Morgan fingerprint density at radius 1 is 1.19 bits per heavy atom. The van der Waals surface area contributed by atoms with E-state index in [-0.39, 0.29) is 17.7 Å². The molecule has 0 saturated heterocycles. The van der Waals surface area contributed by atoms with E-state index in [1.54, 1.807) is 24.3 Å². The lowest BCUT2D eigenvalue weighted by Gasteiger charge is -2.23. The van der Waals surface area contributed by atoms with Crippen LogP contribution in [-0.4, -0.2) is 11.8 Å². The summed E-state index contributed by atoms with van der Waals surface area (Å²) in [6.45, 7) is 1.35. The lowest BCUT2D eigenvalue weighted by Crippen LogP contribution is -2.21. The Morgan fingerprint density at radius 2 is 1.81 bits per heavy atom. The van der Waals surface area contributed by atoms with Crippen LogP contribution in [0.15, 0.2) is 24.3 Å². The van der Waals surface area contributed by atoms with Gasteiger partial charge < -0.3 is 4.74 Å². The average molecular weight is 218 g/mol. The first kappa shape index (κ1) is 10.9. The van der Waals surface area contributed by atoms with Gasteiger partial charge in [0, 0.05) is 18.4 Å². The molecule has 1 aromatic rings. The number of ether oxygens (including phenoxy) is 1. The minimum Gasteiger partial charge on any atom is -0.427 e. The van der Waals surface area contributed by atoms with Crippen LogP contribution in [0, 0.1) is 5.92 Å². The predicted molar refractivity (Wildman–Crippen MR) is 59.4 cm³/mol. The minimum atomic E-state index is -0.349. The van der Waals surface area contributed by atoms with Crippen LogP contribution < -0.4 is 4.74 Å². The summed E-state index contributed by atoms with van der Waals surface area (Å²) in [5.74, 6) is 0.552. The van der Waals surface area contributed by atoms with Crippen molar-refractivity contribution in [3.8, 4) is 5.75 Å². The van der Waals surface area contributed by atoms with Gasteiger partial charge in [-0.3, -0.25) is 9.59 Å². The van der Waals surface area contributed by atoms with Crippen LogP contribution in [0.1, 0.15) is 36.5 Å². The standard InChI is InChI=1S/C13H14O3/c1-9(14)16-12-7-5-11(6-8-12)13(15)10-3-2-4-10/h5-8,10H,2-4H2,1H3. The molecule has 0 heterocycles. The van der Waals surface area contributed by atoms with Crippen LogP contribution >= 0.6 is 0 Å². The Labute approximate surface area is 94.4 Å². The Hall–Kier alpha value is -1.64. The summed E-state index contributed by atoms with van der Waals surface area (Å²) in [4.78, 5) is 22.6. The number of Topliss-reactive ketones (excluding diaryl/α,β-unsaturated/α-hetero) is 1. The molecule has 1 aliphatic rings. The zero-order chi connectivity index (χ0) is 11.5. The maximum atomic E-state index is 11.9. The van der Waals surface area contributed by atoms with Crippen molar-refractivity contribution in [2.45, 2.75) is 26.2 Å². The van der Waals surface area contributed by atoms with E-state index >= 15 is 0 Å². The molecular formula is C13H14O3. The van der Waals surface area contributed by atoms with Gasteiger partial charge in [0.15, 0.2) is 5.78 Å². The predicted octanol–water partition coefficient (Wildman–Crippen LogP) is 2.59. The Bertz CT molecular complexity index is 402. The lowest BCUT2D eigenvalue weighted by molar-refractivity contribution is -0.131. The average Bonchev–Trinajstić information content (AvgIpc) is 2.15. The van der Waals surface area contributed by atoms with Crippen molar-refractivity contribution in [2.24, 2.45) is 5.92 Å². The molecule has 1 saturated carbocycles. The van der Waals surface area contributed by atoms with E-state index in [2.05, 4.69) is 0 Å². The van der Waals surface area contributed by atoms with E-state index < -0.39 is 0 Å². The molecule has 0 aromatic heterocycles. The number of hydrogen-bond acceptors (Lipinski definition) is 3. The van der Waals surface area contributed by atoms with E-state index in [0.29, 0.717) is 11.3 Å². The first-order chi connectivity index (χ1) is 7.66. The molecular weight excluding hydrogens is 204 g/mol. The monoisotopic (exact) mass is 218 g/mol. The van der Waals surface area contributed by atoms with Gasteiger partial charge in [0.25, 0.3) is 0 Å². The molecule has 0 radical (unpaired) electrons. The summed E-state index contributed by atoms with van der Waals surface area (Å²) >= 11 is 0. The molecule has 1 aromatic carbocycles. The largest absolute Gasteiger partial charge is 0.427 e. The lowest BCUT2D eigenvalue weighted by atomic mass is 9.80. The third-order valence-corrected chi connectivity index (χ3v) is 2.88. The molecule has 0 unspecified atom stereocenters. The van der Waals surface area contributed by atoms with Gasteiger partial charge in [-0.25, -0.2) is 0 Å². The van der Waals surface area contributed by atoms with Crippen LogP contribution in [0.2, 0.25) is 0 Å². The number of benzene rings is 1. The van der Waals surface area contributed by atoms with Crippen molar-refractivity contribution in [1.29, 1.82) is 0 Å². The Balaban J connectivity index is 2.06. The fourth-order valence-electron chi connectivity index (χ4n) is 1.76. The maximum Gasteiger partial charge on any atom is 0.308 e. The van der Waals surface area contributed by atoms with E-state index in [0.717, 1.165) is 19.3 Å². The van der Waals surface area contributed by atoms with Crippen LogP contribution in [0.5, 0.6) is 5.75 Å². The topological polar surface area (TPSA) is 43.4 Å². The second-order valence-corrected chi connectivity index (χ2v) is 4.11. The number of esters is 1. The summed E-state index contributed by atoms with van der Waals surface area (Å²) in [5, 5.41) is 0. The van der Waals surface area contributed by atoms with Crippen molar-refractivity contribution >= 4 is 11.8 Å². The molecule has 1 fully saturated rings. The highest BCUT2D eigenvalue weighted by atomic mass is 16.5. The molecule has 16 heavy (non-hydrogen) atoms. The zero-order valence-electron chi connectivity index (χ0n) is 9.23. The van der Waals surface area contributed by atoms with Gasteiger partial charge >= 0.3 is 5.97 Å². The molecule has 84 valence electrons. The summed E-state index contributed by atoms with van der Waals surface area (Å²) in [6.07, 6.45) is 3.16. The Kier molecular flexibility index (Phi) is 3.04. The quantitative estimate of drug-likeness (QED) is 0.445. The van der Waals surface area contributed by atoms with Gasteiger partial charge in [0.1, 0.15) is 5.75 Å². The fraction of sp³-hybridized carbons (Fsp3) is 0.385. The van der Waals surface area contributed by atoms with Crippen LogP contribution in [0.3, 0.4) is 0 Å². The van der Waals surface area contributed by atoms with E-state index in [9.17, 15) is 9.59 Å². The molecule has 1 aliphatic carbocycles. The summed E-state index contributed by atoms with van der Waals surface area (Å²) in [7, 11) is 0. The van der Waals surface area contributed by atoms with Crippen molar-refractivity contribution < 1.29 is 14.3 Å². The second kappa shape index (κ2) is 4.47. The summed E-state index contributed by atoms with van der Waals surface area (Å²) in [5.41, 5.74) is 0.709. The molecule has 0 bridgehead atoms. The van der Waals surface area contributed by atoms with E-state index in [1.807, 2.05) is 0 Å². The summed E-state index contributed by atoms with van der Waals surface area (Å²) in [6, 6.07) is 6.76. The molecule has 0 atom stereocenters. The van der Waals surface area contributed by atoms with Crippen molar-refractivity contribution in [3.05, 3.63) is 29.8 Å². The maximum absolute atomic E-state index is 11.9. The van der Waals surface area contributed by atoms with Gasteiger partial charge in [0.2, 0.25) is 0 Å². The number of carbonyl (C=O) groups is 2. The van der Waals surface area contributed by atoms with Gasteiger partial charge in [0.05, 0.1) is 0 Å². The molecule has 0 N–H and O–H groups in total. The van der Waals surface area contributed by atoms with Crippen LogP contribution in [-0.2, 0) is 4.79 Å². The molecule has 0 spiro atoms. The zero-order valence-corrected chi connectivity index (χ0v) is 9.23. The highest BCUT2D eigenvalue weighted by Gasteiger charge is 2.25. The van der Waals surface area contributed by atoms with Gasteiger partial charge in [-0.05, 0) is 37.1 Å². The number of carbonyl (C=O) groups excluding carboxylic acids is 2. The first-order valence-electron chi connectivity index (χ1n) is 5.49. The number of hydrogen-bond donors (Lipinski definition) is 0. The second-order valence-electron chi connectivity index (χ2n) is 4.11. The first-order valence-corrected chi connectivity index (χ1v) is 5.49. The van der Waals surface area contributed by atoms with Crippen LogP contribution in [0.4, 0.5) is 0 Å². The van der Waals surface area contributed by atoms with E-state index in [1.165, 1.54) is 6.92 Å². The fourth-order valence-corrected chi connectivity index (χ4v) is 1.76. The van der Waals surface area contributed by atoms with Crippen molar-refractivity contribution in [3.63, 3.8) is 0 Å². The normalized spacial score (nSPS) is 15.3. The van der Waals surface area contributed by atoms with Gasteiger partial charge in [-0.15, -0.1) is 0 Å². The third kappa shape index (κ3) is 2.30. The summed E-state index contributed by atoms with van der Waals surface area (Å²) < 4.78 is 4.90. The highest BCUT2D eigenvalue weighted by Crippen LogP contribution is 2.30. The molecule has 3 nitrogen and oxygen atoms in total. The van der Waals surface area contributed by atoms with Crippen molar-refractivity contribution in [1.82, 2.24) is 0 Å². The minimum absolute atomic E-state index is 0.208. The third-order valence-electron chi connectivity index (χ3n) is 2.88. The van der Waals surface area contributed by atoms with Crippen LogP contribution in [0.25, 0.3) is 0 Å². The smallest absolute Gasteiger partial charge is 0.308 e. The highest BCUT2D eigenvalue weighted by molar-refractivity contribution is 5.98.